The Morgan fingerprint density at radius 3 is 2.36 bits per heavy atom. The van der Waals surface area contributed by atoms with Crippen LogP contribution in [0.15, 0.2) is 35.7 Å². The van der Waals surface area contributed by atoms with Gasteiger partial charge in [0.2, 0.25) is 11.8 Å². The number of rotatable bonds is 7. The van der Waals surface area contributed by atoms with E-state index in [0.29, 0.717) is 19.1 Å². The highest BCUT2D eigenvalue weighted by Gasteiger charge is 2.36. The predicted octanol–water partition coefficient (Wildman–Crippen LogP) is 5.66. The first kappa shape index (κ1) is 25.3. The fourth-order valence-corrected chi connectivity index (χ4v) is 5.11. The van der Waals surface area contributed by atoms with Crippen molar-refractivity contribution in [2.75, 3.05) is 19.7 Å². The van der Waals surface area contributed by atoms with Gasteiger partial charge in [-0.3, -0.25) is 9.59 Å². The van der Waals surface area contributed by atoms with E-state index >= 15 is 0 Å². The van der Waals surface area contributed by atoms with Crippen LogP contribution in [0.4, 0.5) is 0 Å². The molecule has 2 heterocycles. The number of carbonyl (C=O) groups excluding carboxylic acids is 2. The van der Waals surface area contributed by atoms with E-state index in [9.17, 15) is 9.59 Å². The number of ether oxygens (including phenoxy) is 1. The van der Waals surface area contributed by atoms with E-state index in [1.807, 2.05) is 51.7 Å². The zero-order valence-electron chi connectivity index (χ0n) is 21.1. The summed E-state index contributed by atoms with van der Waals surface area (Å²) in [5.41, 5.74) is 2.01. The molecule has 0 N–H and O–H groups in total. The molecule has 0 radical (unpaired) electrons. The Hall–Kier alpha value is -2.34. The zero-order chi connectivity index (χ0) is 24.3. The van der Waals surface area contributed by atoms with Crippen LogP contribution in [0.25, 0.3) is 0 Å². The fourth-order valence-electron chi connectivity index (χ4n) is 4.18. The van der Waals surface area contributed by atoms with Crippen molar-refractivity contribution < 1.29 is 14.3 Å². The maximum absolute atomic E-state index is 13.5. The largest absolute Gasteiger partial charge is 0.491 e. The molecule has 5 nitrogen and oxygen atoms in total. The molecule has 6 heteroatoms. The van der Waals surface area contributed by atoms with Crippen molar-refractivity contribution in [3.8, 4) is 5.75 Å². The summed E-state index contributed by atoms with van der Waals surface area (Å²) in [5, 5.41) is 2.09. The lowest BCUT2D eigenvalue weighted by Crippen LogP contribution is -2.54. The number of hydrogen-bond donors (Lipinski definition) is 0. The van der Waals surface area contributed by atoms with Gasteiger partial charge in [-0.05, 0) is 67.8 Å². The highest BCUT2D eigenvalue weighted by molar-refractivity contribution is 7.10. The van der Waals surface area contributed by atoms with Gasteiger partial charge in [0.15, 0.2) is 0 Å². The smallest absolute Gasteiger partial charge is 0.242 e. The highest BCUT2D eigenvalue weighted by atomic mass is 32.1. The normalized spacial score (nSPS) is 16.2. The molecule has 3 rings (SSSR count). The molecule has 1 aromatic carbocycles. The first-order valence-electron chi connectivity index (χ1n) is 11.9. The molecule has 0 fully saturated rings. The molecule has 0 spiro atoms. The molecule has 0 saturated heterocycles. The number of thiophene rings is 1. The van der Waals surface area contributed by atoms with Crippen LogP contribution in [0.1, 0.15) is 76.4 Å². The van der Waals surface area contributed by atoms with Crippen LogP contribution in [-0.4, -0.2) is 46.8 Å². The van der Waals surface area contributed by atoms with Gasteiger partial charge in [0.1, 0.15) is 18.9 Å². The summed E-state index contributed by atoms with van der Waals surface area (Å²) in [6.07, 6.45) is 0.839. The standard InChI is InChI=1S/C27H38N2O3S/c1-18(2)20-8-10-21(11-9-20)32-17-23-22-13-15-33-24(22)12-14-28(23)25(30)16-29(27(5,6)7)26(31)19(3)4/h8-11,13,15,18-19,23H,12,14,16-17H2,1-7H3/t23-/m1/s1. The molecule has 0 bridgehead atoms. The van der Waals surface area contributed by atoms with Gasteiger partial charge >= 0.3 is 0 Å². The van der Waals surface area contributed by atoms with Crippen molar-refractivity contribution in [2.24, 2.45) is 5.92 Å². The van der Waals surface area contributed by atoms with E-state index < -0.39 is 5.54 Å². The molecule has 2 amide bonds. The number of amides is 2. The zero-order valence-corrected chi connectivity index (χ0v) is 21.9. The van der Waals surface area contributed by atoms with Crippen molar-refractivity contribution in [2.45, 2.75) is 72.4 Å². The second-order valence-corrected chi connectivity index (χ2v) is 11.4. The van der Waals surface area contributed by atoms with Gasteiger partial charge in [0, 0.05) is 22.9 Å². The molecule has 1 aromatic heterocycles. The predicted molar refractivity (Wildman–Crippen MR) is 135 cm³/mol. The Labute approximate surface area is 202 Å². The molecule has 1 aliphatic heterocycles. The van der Waals surface area contributed by atoms with Gasteiger partial charge in [0.05, 0.1) is 6.04 Å². The molecule has 0 saturated carbocycles. The second kappa shape index (κ2) is 10.3. The summed E-state index contributed by atoms with van der Waals surface area (Å²) in [6, 6.07) is 10.1. The third kappa shape index (κ3) is 5.97. The molecule has 0 unspecified atom stereocenters. The van der Waals surface area contributed by atoms with E-state index in [0.717, 1.165) is 17.7 Å². The lowest BCUT2D eigenvalue weighted by atomic mass is 9.99. The van der Waals surface area contributed by atoms with Crippen molar-refractivity contribution in [3.05, 3.63) is 51.7 Å². The average Bonchev–Trinajstić information content (AvgIpc) is 3.23. The molecule has 0 aliphatic carbocycles. The number of nitrogens with zero attached hydrogens (tertiary/aromatic N) is 2. The minimum atomic E-state index is -0.426. The van der Waals surface area contributed by atoms with Crippen LogP contribution in [0.2, 0.25) is 0 Å². The van der Waals surface area contributed by atoms with Gasteiger partial charge in [-0.1, -0.05) is 39.8 Å². The summed E-state index contributed by atoms with van der Waals surface area (Å²) >= 11 is 1.74. The molecule has 2 aromatic rings. The first-order valence-corrected chi connectivity index (χ1v) is 12.8. The van der Waals surface area contributed by atoms with Crippen molar-refractivity contribution in [1.29, 1.82) is 0 Å². The van der Waals surface area contributed by atoms with E-state index in [1.165, 1.54) is 10.4 Å². The van der Waals surface area contributed by atoms with Crippen LogP contribution < -0.4 is 4.74 Å². The first-order chi connectivity index (χ1) is 15.5. The van der Waals surface area contributed by atoms with Crippen LogP contribution in [-0.2, 0) is 16.0 Å². The second-order valence-electron chi connectivity index (χ2n) is 10.4. The van der Waals surface area contributed by atoms with Gasteiger partial charge in [-0.15, -0.1) is 11.3 Å². The third-order valence-electron chi connectivity index (χ3n) is 6.23. The van der Waals surface area contributed by atoms with E-state index in [4.69, 9.17) is 4.74 Å². The van der Waals surface area contributed by atoms with E-state index in [1.54, 1.807) is 16.2 Å². The van der Waals surface area contributed by atoms with E-state index in [2.05, 4.69) is 37.4 Å². The van der Waals surface area contributed by atoms with Crippen molar-refractivity contribution >= 4 is 23.2 Å². The van der Waals surface area contributed by atoms with Crippen LogP contribution in [0.5, 0.6) is 5.75 Å². The minimum absolute atomic E-state index is 0.00197. The Bertz CT molecular complexity index is 956. The summed E-state index contributed by atoms with van der Waals surface area (Å²) in [7, 11) is 0. The number of carbonyl (C=O) groups is 2. The average molecular weight is 471 g/mol. The molecule has 1 aliphatic rings. The minimum Gasteiger partial charge on any atom is -0.491 e. The molecule has 1 atom stereocenters. The Balaban J connectivity index is 1.79. The summed E-state index contributed by atoms with van der Waals surface area (Å²) in [5.74, 6) is 1.09. The van der Waals surface area contributed by atoms with Gasteiger partial charge in [0.25, 0.3) is 0 Å². The Kier molecular flexibility index (Phi) is 7.88. The Morgan fingerprint density at radius 1 is 1.12 bits per heavy atom. The number of fused-ring (bicyclic) bond motifs is 1. The van der Waals surface area contributed by atoms with Crippen LogP contribution >= 0.6 is 11.3 Å². The lowest BCUT2D eigenvalue weighted by molar-refractivity contribution is -0.148. The topological polar surface area (TPSA) is 49.9 Å². The molecule has 180 valence electrons. The van der Waals surface area contributed by atoms with E-state index in [-0.39, 0.29) is 30.3 Å². The summed E-state index contributed by atoms with van der Waals surface area (Å²) in [4.78, 5) is 31.3. The SMILES string of the molecule is CC(C)C(=O)N(CC(=O)N1CCc2sccc2[C@H]1COc1ccc(C(C)C)cc1)C(C)(C)C. The summed E-state index contributed by atoms with van der Waals surface area (Å²) in [6.45, 7) is 15.2. The fraction of sp³-hybridized carbons (Fsp3) is 0.556. The highest BCUT2D eigenvalue weighted by Crippen LogP contribution is 2.34. The van der Waals surface area contributed by atoms with Crippen LogP contribution in [0, 0.1) is 5.92 Å². The third-order valence-corrected chi connectivity index (χ3v) is 7.23. The summed E-state index contributed by atoms with van der Waals surface area (Å²) < 4.78 is 6.18. The lowest BCUT2D eigenvalue weighted by Gasteiger charge is -2.40. The molecule has 33 heavy (non-hydrogen) atoms. The van der Waals surface area contributed by atoms with Crippen LogP contribution in [0.3, 0.4) is 0 Å². The van der Waals surface area contributed by atoms with Gasteiger partial charge < -0.3 is 14.5 Å². The number of hydrogen-bond acceptors (Lipinski definition) is 4. The molecular weight excluding hydrogens is 432 g/mol. The quantitative estimate of drug-likeness (QED) is 0.525. The molecular formula is C27H38N2O3S. The maximum atomic E-state index is 13.5. The monoisotopic (exact) mass is 470 g/mol. The maximum Gasteiger partial charge on any atom is 0.242 e. The van der Waals surface area contributed by atoms with Gasteiger partial charge in [-0.2, -0.15) is 0 Å². The van der Waals surface area contributed by atoms with Crippen molar-refractivity contribution in [1.82, 2.24) is 9.80 Å². The van der Waals surface area contributed by atoms with Gasteiger partial charge in [-0.25, -0.2) is 0 Å². The van der Waals surface area contributed by atoms with Crippen molar-refractivity contribution in [3.63, 3.8) is 0 Å². The number of benzene rings is 1. The Morgan fingerprint density at radius 2 is 1.79 bits per heavy atom.